The molecule has 3 aromatic carbocycles. The maximum Gasteiger partial charge on any atom is 0.159 e. The molecular formula is C23H20N2O. The number of hydrogen-bond acceptors (Lipinski definition) is 3. The molecule has 0 bridgehead atoms. The highest BCUT2D eigenvalue weighted by Crippen LogP contribution is 2.40. The van der Waals surface area contributed by atoms with Crippen LogP contribution in [0.2, 0.25) is 0 Å². The molecule has 2 heterocycles. The van der Waals surface area contributed by atoms with Crippen LogP contribution in [0.15, 0.2) is 83.5 Å². The first-order valence-electron chi connectivity index (χ1n) is 8.95. The lowest BCUT2D eigenvalue weighted by Gasteiger charge is -2.30. The summed E-state index contributed by atoms with van der Waals surface area (Å²) in [7, 11) is 0. The topological polar surface area (TPSA) is 19.6 Å². The van der Waals surface area contributed by atoms with Gasteiger partial charge in [-0.1, -0.05) is 48.5 Å². The highest BCUT2D eigenvalue weighted by Gasteiger charge is 2.28. The van der Waals surface area contributed by atoms with Crippen LogP contribution in [-0.4, -0.2) is 6.17 Å². The van der Waals surface area contributed by atoms with Gasteiger partial charge in [0.1, 0.15) is 11.7 Å². The Balaban J connectivity index is 1.65. The van der Waals surface area contributed by atoms with Crippen molar-refractivity contribution in [2.45, 2.75) is 20.0 Å². The average molecular weight is 340 g/mol. The Hall–Kier alpha value is -3.20. The van der Waals surface area contributed by atoms with Gasteiger partial charge in [-0.05, 0) is 37.6 Å². The minimum absolute atomic E-state index is 0.176. The van der Waals surface area contributed by atoms with E-state index in [4.69, 9.17) is 4.42 Å². The first kappa shape index (κ1) is 15.1. The zero-order chi connectivity index (χ0) is 17.7. The van der Waals surface area contributed by atoms with E-state index in [0.717, 1.165) is 16.9 Å². The van der Waals surface area contributed by atoms with E-state index < -0.39 is 0 Å². The maximum atomic E-state index is 6.27. The third-order valence-electron chi connectivity index (χ3n) is 5.23. The van der Waals surface area contributed by atoms with E-state index >= 15 is 0 Å². The van der Waals surface area contributed by atoms with E-state index in [-0.39, 0.29) is 6.17 Å². The first-order valence-corrected chi connectivity index (χ1v) is 8.95. The van der Waals surface area contributed by atoms with E-state index in [0.29, 0.717) is 0 Å². The molecule has 0 spiro atoms. The molecule has 3 heteroatoms. The molecule has 0 fully saturated rings. The largest absolute Gasteiger partial charge is 0.454 e. The highest BCUT2D eigenvalue weighted by atomic mass is 16.3. The van der Waals surface area contributed by atoms with Crippen molar-refractivity contribution in [3.8, 4) is 0 Å². The fourth-order valence-corrected chi connectivity index (χ4v) is 3.88. The van der Waals surface area contributed by atoms with Gasteiger partial charge in [-0.25, -0.2) is 0 Å². The normalized spacial score (nSPS) is 16.9. The van der Waals surface area contributed by atoms with Crippen LogP contribution in [-0.2, 0) is 0 Å². The molecule has 1 aliphatic heterocycles. The molecule has 1 aliphatic rings. The lowest BCUT2D eigenvalue weighted by Crippen LogP contribution is -2.36. The number of anilines is 2. The SMILES string of the molecule is Cc1ccc2c(oc3ccccc32)c1N1C=CN(c2ccccc2)C1C. The van der Waals surface area contributed by atoms with Gasteiger partial charge < -0.3 is 14.2 Å². The Morgan fingerprint density at radius 1 is 0.769 bits per heavy atom. The molecule has 0 amide bonds. The predicted octanol–water partition coefficient (Wildman–Crippen LogP) is 6.04. The van der Waals surface area contributed by atoms with Gasteiger partial charge in [-0.2, -0.15) is 0 Å². The molecule has 1 aromatic heterocycles. The average Bonchev–Trinajstić information content (AvgIpc) is 3.23. The van der Waals surface area contributed by atoms with Crippen LogP contribution < -0.4 is 9.80 Å². The number of fused-ring (bicyclic) bond motifs is 3. The predicted molar refractivity (Wildman–Crippen MR) is 108 cm³/mol. The summed E-state index contributed by atoms with van der Waals surface area (Å²) in [5.41, 5.74) is 5.43. The second-order valence-electron chi connectivity index (χ2n) is 6.79. The van der Waals surface area contributed by atoms with Gasteiger partial charge in [0.25, 0.3) is 0 Å². The molecule has 0 aliphatic carbocycles. The lowest BCUT2D eigenvalue weighted by atomic mass is 10.1. The molecule has 5 rings (SSSR count). The summed E-state index contributed by atoms with van der Waals surface area (Å²) in [4.78, 5) is 4.58. The number of hydrogen-bond donors (Lipinski definition) is 0. The molecule has 0 radical (unpaired) electrons. The number of furan rings is 1. The summed E-state index contributed by atoms with van der Waals surface area (Å²) < 4.78 is 6.27. The monoisotopic (exact) mass is 340 g/mol. The zero-order valence-electron chi connectivity index (χ0n) is 14.9. The molecule has 4 aromatic rings. The second kappa shape index (κ2) is 5.67. The van der Waals surface area contributed by atoms with Crippen molar-refractivity contribution in [2.24, 2.45) is 0 Å². The summed E-state index contributed by atoms with van der Waals surface area (Å²) in [6.07, 6.45) is 4.46. The number of para-hydroxylation sites is 2. The summed E-state index contributed by atoms with van der Waals surface area (Å²) in [6, 6.07) is 23.1. The number of rotatable bonds is 2. The fraction of sp³-hybridized carbons (Fsp3) is 0.130. The molecule has 128 valence electrons. The molecule has 26 heavy (non-hydrogen) atoms. The Bertz CT molecular complexity index is 1130. The van der Waals surface area contributed by atoms with E-state index in [9.17, 15) is 0 Å². The molecule has 0 saturated carbocycles. The van der Waals surface area contributed by atoms with Crippen molar-refractivity contribution in [3.05, 3.63) is 84.7 Å². The Morgan fingerprint density at radius 3 is 2.35 bits per heavy atom. The van der Waals surface area contributed by atoms with Crippen LogP contribution in [0.5, 0.6) is 0 Å². The molecular weight excluding hydrogens is 320 g/mol. The van der Waals surface area contributed by atoms with Gasteiger partial charge in [0.05, 0.1) is 5.69 Å². The van der Waals surface area contributed by atoms with E-state index in [1.165, 1.54) is 22.0 Å². The van der Waals surface area contributed by atoms with Crippen LogP contribution in [0.3, 0.4) is 0 Å². The number of benzene rings is 3. The summed E-state index contributed by atoms with van der Waals surface area (Å²) in [6.45, 7) is 4.36. The van der Waals surface area contributed by atoms with Crippen molar-refractivity contribution in [2.75, 3.05) is 9.80 Å². The molecule has 3 nitrogen and oxygen atoms in total. The van der Waals surface area contributed by atoms with Gasteiger partial charge in [0.2, 0.25) is 0 Å². The maximum absolute atomic E-state index is 6.27. The minimum atomic E-state index is 0.176. The molecule has 1 unspecified atom stereocenters. The standard InChI is InChI=1S/C23H20N2O/c1-16-12-13-20-19-10-6-7-11-21(19)26-23(20)22(16)25-15-14-24(17(25)2)18-8-4-3-5-9-18/h3-15,17H,1-2H3. The quantitative estimate of drug-likeness (QED) is 0.443. The van der Waals surface area contributed by atoms with Crippen LogP contribution >= 0.6 is 0 Å². The van der Waals surface area contributed by atoms with Crippen LogP contribution in [0.25, 0.3) is 21.9 Å². The van der Waals surface area contributed by atoms with Gasteiger partial charge in [-0.15, -0.1) is 0 Å². The van der Waals surface area contributed by atoms with Gasteiger partial charge in [0, 0.05) is 28.9 Å². The van der Waals surface area contributed by atoms with Gasteiger partial charge in [0.15, 0.2) is 5.58 Å². The zero-order valence-corrected chi connectivity index (χ0v) is 14.9. The summed E-state index contributed by atoms with van der Waals surface area (Å²) in [5, 5.41) is 2.33. The van der Waals surface area contributed by atoms with E-state index in [1.54, 1.807) is 0 Å². The molecule has 0 N–H and O–H groups in total. The van der Waals surface area contributed by atoms with E-state index in [1.807, 2.05) is 18.2 Å². The second-order valence-corrected chi connectivity index (χ2v) is 6.79. The smallest absolute Gasteiger partial charge is 0.159 e. The lowest BCUT2D eigenvalue weighted by molar-refractivity contribution is 0.662. The third-order valence-corrected chi connectivity index (χ3v) is 5.23. The molecule has 0 saturated heterocycles. The first-order chi connectivity index (χ1) is 12.7. The molecule has 1 atom stereocenters. The van der Waals surface area contributed by atoms with Gasteiger partial charge in [-0.3, -0.25) is 0 Å². The third kappa shape index (κ3) is 2.14. The van der Waals surface area contributed by atoms with Crippen LogP contribution in [0, 0.1) is 6.92 Å². The van der Waals surface area contributed by atoms with Crippen LogP contribution in [0.1, 0.15) is 12.5 Å². The number of aryl methyl sites for hydroxylation is 1. The number of nitrogens with zero attached hydrogens (tertiary/aromatic N) is 2. The summed E-state index contributed by atoms with van der Waals surface area (Å²) >= 11 is 0. The fourth-order valence-electron chi connectivity index (χ4n) is 3.88. The van der Waals surface area contributed by atoms with Crippen molar-refractivity contribution < 1.29 is 4.42 Å². The van der Waals surface area contributed by atoms with Crippen molar-refractivity contribution in [1.82, 2.24) is 0 Å². The Morgan fingerprint density at radius 2 is 1.50 bits per heavy atom. The van der Waals surface area contributed by atoms with Gasteiger partial charge >= 0.3 is 0 Å². The van der Waals surface area contributed by atoms with Crippen molar-refractivity contribution in [1.29, 1.82) is 0 Å². The van der Waals surface area contributed by atoms with Crippen LogP contribution in [0.4, 0.5) is 11.4 Å². The Labute approximate surface area is 152 Å². The van der Waals surface area contributed by atoms with Crippen molar-refractivity contribution >= 4 is 33.3 Å². The van der Waals surface area contributed by atoms with E-state index in [2.05, 4.69) is 84.6 Å². The van der Waals surface area contributed by atoms with Crippen molar-refractivity contribution in [3.63, 3.8) is 0 Å². The Kier molecular flexibility index (Phi) is 3.29. The summed E-state index contributed by atoms with van der Waals surface area (Å²) in [5.74, 6) is 0. The highest BCUT2D eigenvalue weighted by molar-refractivity contribution is 6.09. The minimum Gasteiger partial charge on any atom is -0.454 e.